The van der Waals surface area contributed by atoms with Crippen LogP contribution in [0.3, 0.4) is 0 Å². The molecule has 0 bridgehead atoms. The molecular weight excluding hydrogens is 373 g/mol. The fourth-order valence-corrected chi connectivity index (χ4v) is 4.51. The maximum Gasteiger partial charge on any atom is 0.134 e. The first kappa shape index (κ1) is 18.4. The van der Waals surface area contributed by atoms with Crippen LogP contribution in [0.5, 0.6) is 0 Å². The minimum atomic E-state index is -0.882. The molecule has 25 heavy (non-hydrogen) atoms. The van der Waals surface area contributed by atoms with E-state index >= 15 is 0 Å². The van der Waals surface area contributed by atoms with Crippen molar-refractivity contribution in [2.45, 2.75) is 24.1 Å². The van der Waals surface area contributed by atoms with E-state index in [1.807, 2.05) is 43.3 Å². The second-order valence-electron chi connectivity index (χ2n) is 6.62. The molecular formula is C21H20Cl3N. The minimum Gasteiger partial charge on any atom is -0.359 e. The highest BCUT2D eigenvalue weighted by Gasteiger charge is 2.65. The lowest BCUT2D eigenvalue weighted by Gasteiger charge is -2.12. The molecule has 1 N–H and O–H groups in total. The number of aryl methyl sites for hydroxylation is 2. The van der Waals surface area contributed by atoms with E-state index in [0.29, 0.717) is 5.02 Å². The van der Waals surface area contributed by atoms with Gasteiger partial charge in [0.2, 0.25) is 0 Å². The van der Waals surface area contributed by atoms with E-state index in [1.54, 1.807) is 0 Å². The zero-order chi connectivity index (χ0) is 18.4. The van der Waals surface area contributed by atoms with E-state index in [9.17, 15) is 0 Å². The molecule has 1 aliphatic carbocycles. The summed E-state index contributed by atoms with van der Waals surface area (Å²) in [5, 5.41) is 4.04. The Bertz CT molecular complexity index is 834. The Morgan fingerprint density at radius 3 is 2.52 bits per heavy atom. The van der Waals surface area contributed by atoms with E-state index in [-0.39, 0.29) is 11.8 Å². The van der Waals surface area contributed by atoms with Crippen molar-refractivity contribution >= 4 is 46.6 Å². The highest BCUT2D eigenvalue weighted by Crippen LogP contribution is 2.67. The second kappa shape index (κ2) is 6.72. The SMILES string of the molecule is C=Cc1cc(NC(=C)C2C(c3cc(C)cc(Cl)c3)C2(Cl)Cl)ccc1C. The Balaban J connectivity index is 1.82. The molecule has 0 saturated heterocycles. The highest BCUT2D eigenvalue weighted by molar-refractivity contribution is 6.52. The second-order valence-corrected chi connectivity index (χ2v) is 8.50. The third-order valence-electron chi connectivity index (χ3n) is 4.66. The number of hydrogen-bond donors (Lipinski definition) is 1. The van der Waals surface area contributed by atoms with Gasteiger partial charge in [-0.05, 0) is 60.4 Å². The number of benzene rings is 2. The van der Waals surface area contributed by atoms with Gasteiger partial charge in [0.15, 0.2) is 0 Å². The van der Waals surface area contributed by atoms with Crippen molar-refractivity contribution < 1.29 is 0 Å². The summed E-state index contributed by atoms with van der Waals surface area (Å²) < 4.78 is -0.882. The van der Waals surface area contributed by atoms with Crippen LogP contribution in [0, 0.1) is 19.8 Å². The lowest BCUT2D eigenvalue weighted by molar-refractivity contribution is 0.946. The lowest BCUT2D eigenvalue weighted by Crippen LogP contribution is -2.04. The summed E-state index contributed by atoms with van der Waals surface area (Å²) in [7, 11) is 0. The first-order valence-electron chi connectivity index (χ1n) is 8.08. The van der Waals surface area contributed by atoms with Gasteiger partial charge in [-0.3, -0.25) is 0 Å². The molecule has 2 aromatic rings. The van der Waals surface area contributed by atoms with Crippen molar-refractivity contribution in [1.29, 1.82) is 0 Å². The van der Waals surface area contributed by atoms with Crippen molar-refractivity contribution in [3.8, 4) is 0 Å². The smallest absolute Gasteiger partial charge is 0.134 e. The Labute approximate surface area is 164 Å². The first-order valence-corrected chi connectivity index (χ1v) is 9.21. The molecule has 130 valence electrons. The maximum absolute atomic E-state index is 6.56. The van der Waals surface area contributed by atoms with Gasteiger partial charge in [-0.15, -0.1) is 23.2 Å². The summed E-state index contributed by atoms with van der Waals surface area (Å²) in [6.45, 7) is 12.1. The van der Waals surface area contributed by atoms with Crippen LogP contribution in [0.2, 0.25) is 5.02 Å². The molecule has 4 heteroatoms. The molecule has 2 atom stereocenters. The van der Waals surface area contributed by atoms with Gasteiger partial charge in [0, 0.05) is 28.2 Å². The summed E-state index contributed by atoms with van der Waals surface area (Å²) in [4.78, 5) is 0. The van der Waals surface area contributed by atoms with E-state index in [4.69, 9.17) is 34.8 Å². The number of allylic oxidation sites excluding steroid dienone is 1. The summed E-state index contributed by atoms with van der Waals surface area (Å²) in [5.74, 6) is -0.111. The molecule has 1 fully saturated rings. The molecule has 0 amide bonds. The molecule has 0 aliphatic heterocycles. The van der Waals surface area contributed by atoms with Crippen molar-refractivity contribution in [3.05, 3.63) is 82.5 Å². The van der Waals surface area contributed by atoms with Crippen LogP contribution in [-0.2, 0) is 0 Å². The summed E-state index contributed by atoms with van der Waals surface area (Å²) in [6.07, 6.45) is 1.84. The predicted octanol–water partition coefficient (Wildman–Crippen LogP) is 7.11. The van der Waals surface area contributed by atoms with Crippen LogP contribution >= 0.6 is 34.8 Å². The number of halogens is 3. The van der Waals surface area contributed by atoms with Gasteiger partial charge in [-0.1, -0.05) is 43.0 Å². The third-order valence-corrected chi connectivity index (χ3v) is 5.82. The Hall–Kier alpha value is -1.41. The van der Waals surface area contributed by atoms with Crippen LogP contribution in [0.4, 0.5) is 5.69 Å². The average Bonchev–Trinajstić information content (AvgIpc) is 3.11. The van der Waals surface area contributed by atoms with E-state index in [0.717, 1.165) is 28.1 Å². The highest BCUT2D eigenvalue weighted by atomic mass is 35.5. The van der Waals surface area contributed by atoms with Crippen molar-refractivity contribution in [1.82, 2.24) is 0 Å². The summed E-state index contributed by atoms with van der Waals surface area (Å²) in [6, 6.07) is 12.0. The molecule has 0 spiro atoms. The number of rotatable bonds is 5. The molecule has 0 aromatic heterocycles. The van der Waals surface area contributed by atoms with Crippen molar-refractivity contribution in [3.63, 3.8) is 0 Å². The van der Waals surface area contributed by atoms with E-state index in [2.05, 4.69) is 31.5 Å². The average molecular weight is 393 g/mol. The standard InChI is InChI=1S/C21H20Cl3N/c1-5-15-11-18(7-6-13(15)3)25-14(4)19-20(21(19,23)24)16-8-12(2)9-17(22)10-16/h5-11,19-20,25H,1,4H2,2-3H3. The van der Waals surface area contributed by atoms with Crippen LogP contribution in [0.25, 0.3) is 6.08 Å². The molecule has 1 aliphatic rings. The van der Waals surface area contributed by atoms with Gasteiger partial charge in [-0.2, -0.15) is 0 Å². The quantitative estimate of drug-likeness (QED) is 0.534. The zero-order valence-electron chi connectivity index (χ0n) is 14.2. The monoisotopic (exact) mass is 391 g/mol. The lowest BCUT2D eigenvalue weighted by atomic mass is 10.0. The molecule has 1 nitrogen and oxygen atoms in total. The Morgan fingerprint density at radius 2 is 1.88 bits per heavy atom. The Kier molecular flexibility index (Phi) is 4.94. The molecule has 3 rings (SSSR count). The third kappa shape index (κ3) is 3.60. The van der Waals surface area contributed by atoms with Gasteiger partial charge in [-0.25, -0.2) is 0 Å². The number of anilines is 1. The summed E-state index contributed by atoms with van der Waals surface area (Å²) >= 11 is 19.3. The molecule has 0 radical (unpaired) electrons. The number of alkyl halides is 2. The van der Waals surface area contributed by atoms with E-state index < -0.39 is 4.33 Å². The minimum absolute atomic E-state index is 0.0300. The maximum atomic E-state index is 6.56. The topological polar surface area (TPSA) is 12.0 Å². The summed E-state index contributed by atoms with van der Waals surface area (Å²) in [5.41, 5.74) is 6.13. The number of nitrogens with one attached hydrogen (secondary N) is 1. The molecule has 0 heterocycles. The number of hydrogen-bond acceptors (Lipinski definition) is 1. The van der Waals surface area contributed by atoms with Crippen LogP contribution in [0.1, 0.15) is 28.2 Å². The van der Waals surface area contributed by atoms with E-state index in [1.165, 1.54) is 5.56 Å². The van der Waals surface area contributed by atoms with Gasteiger partial charge in [0.05, 0.1) is 0 Å². The normalized spacial score (nSPS) is 20.8. The largest absolute Gasteiger partial charge is 0.359 e. The molecule has 2 unspecified atom stereocenters. The van der Waals surface area contributed by atoms with Gasteiger partial charge < -0.3 is 5.32 Å². The fraction of sp³-hybridized carbons (Fsp3) is 0.238. The van der Waals surface area contributed by atoms with Crippen LogP contribution in [-0.4, -0.2) is 4.33 Å². The van der Waals surface area contributed by atoms with Crippen LogP contribution in [0.15, 0.2) is 55.3 Å². The molecule has 2 aromatic carbocycles. The van der Waals surface area contributed by atoms with Crippen LogP contribution < -0.4 is 5.32 Å². The fourth-order valence-electron chi connectivity index (χ4n) is 3.32. The predicted molar refractivity (Wildman–Crippen MR) is 111 cm³/mol. The zero-order valence-corrected chi connectivity index (χ0v) is 16.5. The van der Waals surface area contributed by atoms with Gasteiger partial charge in [0.1, 0.15) is 4.33 Å². The van der Waals surface area contributed by atoms with Gasteiger partial charge in [0.25, 0.3) is 0 Å². The molecule has 1 saturated carbocycles. The van der Waals surface area contributed by atoms with Crippen molar-refractivity contribution in [2.24, 2.45) is 5.92 Å². The van der Waals surface area contributed by atoms with Gasteiger partial charge >= 0.3 is 0 Å². The first-order chi connectivity index (χ1) is 11.7. The Morgan fingerprint density at radius 1 is 1.16 bits per heavy atom. The van der Waals surface area contributed by atoms with Crippen molar-refractivity contribution in [2.75, 3.05) is 5.32 Å².